The van der Waals surface area contributed by atoms with E-state index in [-0.39, 0.29) is 0 Å². The van der Waals surface area contributed by atoms with Crippen LogP contribution in [0, 0.1) is 20.8 Å². The van der Waals surface area contributed by atoms with E-state index in [4.69, 9.17) is 0 Å². The summed E-state index contributed by atoms with van der Waals surface area (Å²) in [6.45, 7) is 6.99. The molecule has 2 heterocycles. The molecule has 0 spiro atoms. The van der Waals surface area contributed by atoms with E-state index < -0.39 is 0 Å². The first kappa shape index (κ1) is 9.96. The van der Waals surface area contributed by atoms with Crippen LogP contribution in [-0.4, -0.2) is 14.3 Å². The van der Waals surface area contributed by atoms with E-state index in [2.05, 4.69) is 46.5 Å². The van der Waals surface area contributed by atoms with Crippen LogP contribution in [0.15, 0.2) is 18.5 Å². The summed E-state index contributed by atoms with van der Waals surface area (Å²) >= 11 is 0. The Bertz CT molecular complexity index is 479. The summed E-state index contributed by atoms with van der Waals surface area (Å²) in [6, 6.07) is 2.10. The van der Waals surface area contributed by atoms with Crippen molar-refractivity contribution in [2.24, 2.45) is 7.05 Å². The minimum Gasteiger partial charge on any atom is -0.237 e. The zero-order valence-electron chi connectivity index (χ0n) is 9.73. The van der Waals surface area contributed by atoms with Crippen LogP contribution in [0.25, 0.3) is 0 Å². The van der Waals surface area contributed by atoms with Gasteiger partial charge in [-0.1, -0.05) is 0 Å². The Kier molecular flexibility index (Phi) is 2.34. The van der Waals surface area contributed by atoms with Crippen molar-refractivity contribution in [2.45, 2.75) is 27.4 Å². The highest BCUT2D eigenvalue weighted by molar-refractivity contribution is 5.06. The highest BCUT2D eigenvalue weighted by Crippen LogP contribution is 2.03. The van der Waals surface area contributed by atoms with Crippen LogP contribution >= 0.6 is 0 Å². The van der Waals surface area contributed by atoms with E-state index in [0.29, 0.717) is 0 Å². The topological polar surface area (TPSA) is 26.6 Å². The average Bonchev–Trinajstić information content (AvgIpc) is 2.64. The second kappa shape index (κ2) is 3.53. The predicted molar refractivity (Wildman–Crippen MR) is 57.4 cm³/mol. The average molecular weight is 205 g/mol. The Hall–Kier alpha value is -1.58. The molecule has 2 rings (SSSR count). The Morgan fingerprint density at radius 2 is 2.07 bits per heavy atom. The molecule has 80 valence electrons. The molecule has 2 aromatic heterocycles. The second-order valence-corrected chi connectivity index (χ2v) is 3.99. The van der Waals surface area contributed by atoms with E-state index >= 15 is 0 Å². The molecular formula is C11H17N4+. The standard InChI is InChI=1S/C11H17N4/c1-9-7-10(2)15(12-9)8-14-6-5-13(4)11(14)3/h5-7H,8H2,1-4H3/q+1. The lowest BCUT2D eigenvalue weighted by atomic mass is 10.4. The fourth-order valence-electron chi connectivity index (χ4n) is 1.71. The van der Waals surface area contributed by atoms with Gasteiger partial charge in [0, 0.05) is 12.6 Å². The minimum absolute atomic E-state index is 0.784. The molecule has 0 fully saturated rings. The van der Waals surface area contributed by atoms with Gasteiger partial charge in [0.1, 0.15) is 12.4 Å². The van der Waals surface area contributed by atoms with Crippen molar-refractivity contribution in [3.8, 4) is 0 Å². The lowest BCUT2D eigenvalue weighted by Crippen LogP contribution is -2.30. The number of aryl methyl sites for hydroxylation is 3. The molecule has 4 heteroatoms. The van der Waals surface area contributed by atoms with E-state index in [0.717, 1.165) is 12.4 Å². The van der Waals surface area contributed by atoms with Gasteiger partial charge in [-0.15, -0.1) is 0 Å². The largest absolute Gasteiger partial charge is 0.254 e. The summed E-state index contributed by atoms with van der Waals surface area (Å²) in [5.74, 6) is 1.22. The molecule has 4 nitrogen and oxygen atoms in total. The third-order valence-electron chi connectivity index (χ3n) is 2.79. The van der Waals surface area contributed by atoms with Crippen LogP contribution in [-0.2, 0) is 13.7 Å². The quantitative estimate of drug-likeness (QED) is 0.670. The molecule has 0 aliphatic rings. The van der Waals surface area contributed by atoms with Crippen LogP contribution in [0.5, 0.6) is 0 Å². The van der Waals surface area contributed by atoms with Crippen LogP contribution in [0.4, 0.5) is 0 Å². The van der Waals surface area contributed by atoms with Gasteiger partial charge >= 0.3 is 0 Å². The van der Waals surface area contributed by atoms with Gasteiger partial charge in [0.05, 0.1) is 12.7 Å². The summed E-state index contributed by atoms with van der Waals surface area (Å²) in [5, 5.41) is 4.44. The first-order valence-electron chi connectivity index (χ1n) is 5.10. The van der Waals surface area contributed by atoms with Gasteiger partial charge in [-0.05, 0) is 19.9 Å². The normalized spacial score (nSPS) is 10.9. The fourth-order valence-corrected chi connectivity index (χ4v) is 1.71. The Morgan fingerprint density at radius 3 is 2.53 bits per heavy atom. The summed E-state index contributed by atoms with van der Waals surface area (Å²) < 4.78 is 6.30. The van der Waals surface area contributed by atoms with Gasteiger partial charge in [0.2, 0.25) is 0 Å². The van der Waals surface area contributed by atoms with E-state index in [9.17, 15) is 0 Å². The second-order valence-electron chi connectivity index (χ2n) is 3.99. The van der Waals surface area contributed by atoms with Crippen LogP contribution in [0.2, 0.25) is 0 Å². The highest BCUT2D eigenvalue weighted by atomic mass is 15.4. The van der Waals surface area contributed by atoms with Crippen molar-refractivity contribution < 1.29 is 4.57 Å². The van der Waals surface area contributed by atoms with Gasteiger partial charge in [0.15, 0.2) is 6.67 Å². The molecule has 0 saturated heterocycles. The molecule has 0 N–H and O–H groups in total. The Morgan fingerprint density at radius 1 is 1.33 bits per heavy atom. The first-order chi connectivity index (χ1) is 7.08. The number of aromatic nitrogens is 4. The maximum atomic E-state index is 4.44. The summed E-state index contributed by atoms with van der Waals surface area (Å²) in [6.07, 6.45) is 4.13. The number of nitrogens with zero attached hydrogens (tertiary/aromatic N) is 4. The maximum Gasteiger partial charge on any atom is 0.254 e. The third kappa shape index (κ3) is 1.79. The van der Waals surface area contributed by atoms with Crippen molar-refractivity contribution in [1.29, 1.82) is 0 Å². The van der Waals surface area contributed by atoms with E-state index in [1.807, 2.05) is 18.7 Å². The highest BCUT2D eigenvalue weighted by Gasteiger charge is 2.10. The van der Waals surface area contributed by atoms with Crippen molar-refractivity contribution in [3.63, 3.8) is 0 Å². The van der Waals surface area contributed by atoms with Crippen LogP contribution < -0.4 is 4.57 Å². The lowest BCUT2D eigenvalue weighted by Gasteiger charge is -2.02. The predicted octanol–water partition coefficient (Wildman–Crippen LogP) is 0.940. The van der Waals surface area contributed by atoms with Gasteiger partial charge in [0.25, 0.3) is 5.82 Å². The number of rotatable bonds is 2. The van der Waals surface area contributed by atoms with Gasteiger partial charge in [-0.3, -0.25) is 0 Å². The monoisotopic (exact) mass is 205 g/mol. The molecule has 0 bridgehead atoms. The maximum absolute atomic E-state index is 4.44. The van der Waals surface area contributed by atoms with Crippen molar-refractivity contribution in [2.75, 3.05) is 0 Å². The first-order valence-corrected chi connectivity index (χ1v) is 5.10. The molecule has 2 aromatic rings. The van der Waals surface area contributed by atoms with Crippen molar-refractivity contribution >= 4 is 0 Å². The zero-order valence-corrected chi connectivity index (χ0v) is 9.73. The smallest absolute Gasteiger partial charge is 0.237 e. The number of hydrogen-bond acceptors (Lipinski definition) is 1. The van der Waals surface area contributed by atoms with Gasteiger partial charge in [-0.2, -0.15) is 5.10 Å². The van der Waals surface area contributed by atoms with Crippen molar-refractivity contribution in [3.05, 3.63) is 35.7 Å². The molecular weight excluding hydrogens is 188 g/mol. The molecule has 0 aliphatic heterocycles. The Balaban J connectivity index is 2.29. The number of imidazole rings is 1. The van der Waals surface area contributed by atoms with Crippen molar-refractivity contribution in [1.82, 2.24) is 14.3 Å². The van der Waals surface area contributed by atoms with Crippen LogP contribution in [0.3, 0.4) is 0 Å². The SMILES string of the molecule is Cc1cc(C)n(Cn2cc[n+](C)c2C)n1. The van der Waals surface area contributed by atoms with E-state index in [1.165, 1.54) is 11.5 Å². The summed E-state index contributed by atoms with van der Waals surface area (Å²) in [4.78, 5) is 0. The minimum atomic E-state index is 0.784. The van der Waals surface area contributed by atoms with Crippen LogP contribution in [0.1, 0.15) is 17.2 Å². The molecule has 0 amide bonds. The van der Waals surface area contributed by atoms with Gasteiger partial charge < -0.3 is 0 Å². The summed E-state index contributed by atoms with van der Waals surface area (Å²) in [5.41, 5.74) is 2.27. The molecule has 0 unspecified atom stereocenters. The molecule has 0 saturated carbocycles. The molecule has 0 radical (unpaired) electrons. The molecule has 0 atom stereocenters. The van der Waals surface area contributed by atoms with E-state index in [1.54, 1.807) is 0 Å². The Labute approximate surface area is 89.8 Å². The fraction of sp³-hybridized carbons (Fsp3) is 0.455. The van der Waals surface area contributed by atoms with Gasteiger partial charge in [-0.25, -0.2) is 13.8 Å². The number of hydrogen-bond donors (Lipinski definition) is 0. The lowest BCUT2D eigenvalue weighted by molar-refractivity contribution is -0.677. The summed E-state index contributed by atoms with van der Waals surface area (Å²) in [7, 11) is 2.05. The molecule has 0 aromatic carbocycles. The third-order valence-corrected chi connectivity index (χ3v) is 2.79. The molecule has 0 aliphatic carbocycles. The molecule has 15 heavy (non-hydrogen) atoms. The zero-order chi connectivity index (χ0) is 11.0.